The summed E-state index contributed by atoms with van der Waals surface area (Å²) in [7, 11) is 1.17. The summed E-state index contributed by atoms with van der Waals surface area (Å²) in [5, 5.41) is 2.17. The van der Waals surface area contributed by atoms with Gasteiger partial charge in [-0.25, -0.2) is 9.59 Å². The third-order valence-electron chi connectivity index (χ3n) is 4.00. The molecule has 0 saturated carbocycles. The Balaban J connectivity index is 2.67. The van der Waals surface area contributed by atoms with Gasteiger partial charge in [-0.05, 0) is 19.8 Å². The molecule has 1 saturated heterocycles. The van der Waals surface area contributed by atoms with E-state index in [2.05, 4.69) is 10.1 Å². The van der Waals surface area contributed by atoms with E-state index in [1.807, 2.05) is 0 Å². The van der Waals surface area contributed by atoms with Gasteiger partial charge in [0, 0.05) is 19.5 Å². The summed E-state index contributed by atoms with van der Waals surface area (Å²) in [5.74, 6) is -2.79. The third-order valence-corrected chi connectivity index (χ3v) is 4.00. The maximum Gasteiger partial charge on any atom is 0.416 e. The van der Waals surface area contributed by atoms with Crippen LogP contribution in [0, 0.1) is 5.92 Å². The van der Waals surface area contributed by atoms with E-state index in [0.29, 0.717) is 22.6 Å². The topological polar surface area (TPSA) is 130 Å². The minimum absolute atomic E-state index is 0.0389. The van der Waals surface area contributed by atoms with Crippen LogP contribution in [-0.2, 0) is 23.9 Å². The Kier molecular flexibility index (Phi) is 7.88. The molecule has 1 rings (SSSR count). The largest absolute Gasteiger partial charge is 0.449 e. The van der Waals surface area contributed by atoms with E-state index in [1.165, 1.54) is 13.3 Å². The maximum atomic E-state index is 12.2. The smallest absolute Gasteiger partial charge is 0.416 e. The van der Waals surface area contributed by atoms with E-state index < -0.39 is 48.1 Å². The first kappa shape index (κ1) is 21.3. The Hall–Kier alpha value is -2.78. The van der Waals surface area contributed by atoms with E-state index in [-0.39, 0.29) is 13.2 Å². The van der Waals surface area contributed by atoms with Gasteiger partial charge in [0.2, 0.25) is 18.0 Å². The SMILES string of the molecule is CCOC(=O)N(C)C(=O)CC([C]=O)NC(=O)N1CCC(CC)C(=O)C1=O. The number of ketones is 1. The van der Waals surface area contributed by atoms with Crippen molar-refractivity contribution in [3.63, 3.8) is 0 Å². The number of rotatable bonds is 6. The summed E-state index contributed by atoms with van der Waals surface area (Å²) in [6.45, 7) is 3.45. The van der Waals surface area contributed by atoms with Crippen LogP contribution < -0.4 is 5.32 Å². The lowest BCUT2D eigenvalue weighted by Crippen LogP contribution is -2.55. The Bertz CT molecular complexity index is 605. The minimum Gasteiger partial charge on any atom is -0.449 e. The van der Waals surface area contributed by atoms with Gasteiger partial charge in [0.15, 0.2) is 0 Å². The molecule has 1 aliphatic heterocycles. The van der Waals surface area contributed by atoms with E-state index in [0.717, 1.165) is 0 Å². The van der Waals surface area contributed by atoms with Gasteiger partial charge in [0.25, 0.3) is 5.91 Å². The average Bonchev–Trinajstić information content (AvgIpc) is 2.62. The first-order valence-electron chi connectivity index (χ1n) is 8.23. The van der Waals surface area contributed by atoms with Crippen LogP contribution in [0.2, 0.25) is 0 Å². The number of piperidine rings is 1. The predicted molar refractivity (Wildman–Crippen MR) is 87.5 cm³/mol. The van der Waals surface area contributed by atoms with E-state index >= 15 is 0 Å². The number of hydrogen-bond acceptors (Lipinski definition) is 7. The second-order valence-electron chi connectivity index (χ2n) is 5.69. The molecule has 0 aromatic carbocycles. The summed E-state index contributed by atoms with van der Waals surface area (Å²) in [5.41, 5.74) is 0. The Morgan fingerprint density at radius 3 is 2.54 bits per heavy atom. The summed E-state index contributed by atoms with van der Waals surface area (Å²) in [6, 6.07) is -2.34. The number of ether oxygens (including phenoxy) is 1. The highest BCUT2D eigenvalue weighted by atomic mass is 16.6. The summed E-state index contributed by atoms with van der Waals surface area (Å²) in [4.78, 5) is 71.8. The first-order valence-corrected chi connectivity index (χ1v) is 8.23. The lowest BCUT2D eigenvalue weighted by molar-refractivity contribution is -0.147. The standard InChI is InChI=1S/C16H22N3O7/c1-4-10-6-7-19(14(23)13(10)22)15(24)17-11(9-20)8-12(21)18(3)16(25)26-5-2/h10-11H,4-8H2,1-3H3,(H,17,24). The quantitative estimate of drug-likeness (QED) is 0.653. The molecule has 0 bridgehead atoms. The second-order valence-corrected chi connectivity index (χ2v) is 5.69. The zero-order chi connectivity index (χ0) is 19.9. The highest BCUT2D eigenvalue weighted by Gasteiger charge is 2.37. The van der Waals surface area contributed by atoms with Crippen molar-refractivity contribution in [1.29, 1.82) is 0 Å². The number of carbonyl (C=O) groups is 5. The lowest BCUT2D eigenvalue weighted by Gasteiger charge is -2.29. The fraction of sp³-hybridized carbons (Fsp3) is 0.625. The van der Waals surface area contributed by atoms with Gasteiger partial charge in [0.05, 0.1) is 13.0 Å². The molecule has 10 heteroatoms. The lowest BCUT2D eigenvalue weighted by atomic mass is 9.92. The van der Waals surface area contributed by atoms with Crippen LogP contribution in [-0.4, -0.2) is 72.0 Å². The number of nitrogens with one attached hydrogen (secondary N) is 1. The number of carbonyl (C=O) groups excluding carboxylic acids is 6. The van der Waals surface area contributed by atoms with Gasteiger partial charge in [-0.15, -0.1) is 0 Å². The van der Waals surface area contributed by atoms with E-state index in [4.69, 9.17) is 0 Å². The van der Waals surface area contributed by atoms with Gasteiger partial charge in [-0.2, -0.15) is 0 Å². The molecule has 1 fully saturated rings. The first-order chi connectivity index (χ1) is 12.3. The average molecular weight is 368 g/mol. The molecule has 0 spiro atoms. The van der Waals surface area contributed by atoms with E-state index in [9.17, 15) is 28.8 Å². The van der Waals surface area contributed by atoms with E-state index in [1.54, 1.807) is 13.8 Å². The van der Waals surface area contributed by atoms with Crippen molar-refractivity contribution in [3.05, 3.63) is 0 Å². The summed E-state index contributed by atoms with van der Waals surface area (Å²) >= 11 is 0. The zero-order valence-corrected chi connectivity index (χ0v) is 14.9. The van der Waals surface area contributed by atoms with Crippen LogP contribution in [0.25, 0.3) is 0 Å². The van der Waals surface area contributed by atoms with Crippen molar-refractivity contribution in [2.75, 3.05) is 20.2 Å². The molecular formula is C16H22N3O7. The van der Waals surface area contributed by atoms with Gasteiger partial charge in [-0.1, -0.05) is 6.92 Å². The van der Waals surface area contributed by atoms with Crippen LogP contribution in [0.1, 0.15) is 33.1 Å². The number of imide groups is 2. The van der Waals surface area contributed by atoms with Crippen LogP contribution in [0.5, 0.6) is 0 Å². The molecule has 5 amide bonds. The fourth-order valence-electron chi connectivity index (χ4n) is 2.39. The Morgan fingerprint density at radius 1 is 1.35 bits per heavy atom. The molecule has 26 heavy (non-hydrogen) atoms. The number of urea groups is 1. The van der Waals surface area contributed by atoms with Crippen molar-refractivity contribution in [1.82, 2.24) is 15.1 Å². The maximum absolute atomic E-state index is 12.2. The Labute approximate surface area is 150 Å². The highest BCUT2D eigenvalue weighted by molar-refractivity contribution is 6.39. The molecular weight excluding hydrogens is 346 g/mol. The molecule has 10 nitrogen and oxygen atoms in total. The molecule has 1 N–H and O–H groups in total. The van der Waals surface area contributed by atoms with Gasteiger partial charge < -0.3 is 10.1 Å². The van der Waals surface area contributed by atoms with Crippen molar-refractivity contribution < 1.29 is 33.5 Å². The predicted octanol–water partition coefficient (Wildman–Crippen LogP) is 0.00690. The molecule has 2 atom stereocenters. The third kappa shape index (κ3) is 5.11. The van der Waals surface area contributed by atoms with Crippen LogP contribution in [0.4, 0.5) is 9.59 Å². The zero-order valence-electron chi connectivity index (χ0n) is 14.9. The molecule has 1 aliphatic rings. The van der Waals surface area contributed by atoms with Gasteiger partial charge >= 0.3 is 12.1 Å². The molecule has 0 aromatic rings. The van der Waals surface area contributed by atoms with Gasteiger partial charge in [0.1, 0.15) is 6.04 Å². The molecule has 1 heterocycles. The molecule has 0 aromatic heterocycles. The number of amides is 5. The summed E-state index contributed by atoms with van der Waals surface area (Å²) < 4.78 is 4.65. The molecule has 0 aliphatic carbocycles. The number of Topliss-reactive ketones (excluding diaryl/α,β-unsaturated/α-hetero) is 1. The summed E-state index contributed by atoms with van der Waals surface area (Å²) in [6.07, 6.45) is 0.875. The monoisotopic (exact) mass is 368 g/mol. The van der Waals surface area contributed by atoms with Crippen molar-refractivity contribution in [3.8, 4) is 0 Å². The molecule has 2 unspecified atom stereocenters. The van der Waals surface area contributed by atoms with Crippen molar-refractivity contribution in [2.45, 2.75) is 39.2 Å². The fourth-order valence-corrected chi connectivity index (χ4v) is 2.39. The van der Waals surface area contributed by atoms with Crippen molar-refractivity contribution in [2.24, 2.45) is 5.92 Å². The normalized spacial score (nSPS) is 18.1. The van der Waals surface area contributed by atoms with Crippen molar-refractivity contribution >= 4 is 36.0 Å². The van der Waals surface area contributed by atoms with Crippen LogP contribution in [0.15, 0.2) is 0 Å². The second kappa shape index (κ2) is 9.64. The minimum atomic E-state index is -1.38. The van der Waals surface area contributed by atoms with Crippen LogP contribution in [0.3, 0.4) is 0 Å². The number of hydrogen-bond donors (Lipinski definition) is 1. The Morgan fingerprint density at radius 2 is 2.00 bits per heavy atom. The number of nitrogens with zero attached hydrogens (tertiary/aromatic N) is 2. The number of likely N-dealkylation sites (tertiary alicyclic amines) is 1. The molecule has 143 valence electrons. The van der Waals surface area contributed by atoms with Gasteiger partial charge in [-0.3, -0.25) is 29.0 Å². The highest BCUT2D eigenvalue weighted by Crippen LogP contribution is 2.18. The van der Waals surface area contributed by atoms with Crippen LogP contribution >= 0.6 is 0 Å². The molecule has 1 radical (unpaired) electrons.